The van der Waals surface area contributed by atoms with Crippen molar-refractivity contribution in [3.8, 4) is 5.69 Å². The van der Waals surface area contributed by atoms with Crippen LogP contribution >= 0.6 is 0 Å². The molecule has 0 aliphatic carbocycles. The molecule has 0 aliphatic heterocycles. The average molecular weight is 223 g/mol. The standard InChI is InChI=1S/C13H11N4/c1-3-13(17-8-6-15-11-17)4-2-12(1)9-16-7-5-14-10-16/h1-11H. The van der Waals surface area contributed by atoms with E-state index in [2.05, 4.69) is 34.2 Å². The number of rotatable bonds is 3. The van der Waals surface area contributed by atoms with Crippen molar-refractivity contribution in [2.45, 2.75) is 0 Å². The molecule has 0 N–H and O–H groups in total. The lowest BCUT2D eigenvalue weighted by atomic mass is 10.2. The Morgan fingerprint density at radius 1 is 0.882 bits per heavy atom. The Morgan fingerprint density at radius 3 is 2.29 bits per heavy atom. The summed E-state index contributed by atoms with van der Waals surface area (Å²) in [7, 11) is 0. The van der Waals surface area contributed by atoms with Crippen LogP contribution < -0.4 is 0 Å². The number of hydrogen-bond donors (Lipinski definition) is 0. The lowest BCUT2D eigenvalue weighted by Gasteiger charge is -2.04. The van der Waals surface area contributed by atoms with Crippen molar-refractivity contribution in [2.75, 3.05) is 0 Å². The molecule has 3 aromatic rings. The van der Waals surface area contributed by atoms with Gasteiger partial charge in [-0.3, -0.25) is 0 Å². The Balaban J connectivity index is 1.81. The molecule has 3 rings (SSSR count). The van der Waals surface area contributed by atoms with Gasteiger partial charge < -0.3 is 9.13 Å². The molecule has 0 amide bonds. The summed E-state index contributed by atoms with van der Waals surface area (Å²) in [6.45, 7) is 2.02. The number of imidazole rings is 2. The molecular formula is C13H11N4. The lowest BCUT2D eigenvalue weighted by molar-refractivity contribution is 0.975. The molecule has 1 aromatic carbocycles. The summed E-state index contributed by atoms with van der Waals surface area (Å²) in [5.41, 5.74) is 2.23. The normalized spacial score (nSPS) is 10.6. The van der Waals surface area contributed by atoms with E-state index in [4.69, 9.17) is 0 Å². The fourth-order valence-corrected chi connectivity index (χ4v) is 1.66. The molecule has 1 radical (unpaired) electrons. The van der Waals surface area contributed by atoms with Crippen molar-refractivity contribution in [1.82, 2.24) is 19.1 Å². The molecule has 0 unspecified atom stereocenters. The van der Waals surface area contributed by atoms with E-state index < -0.39 is 0 Å². The van der Waals surface area contributed by atoms with Crippen molar-refractivity contribution in [1.29, 1.82) is 0 Å². The van der Waals surface area contributed by atoms with Crippen LogP contribution in [0, 0.1) is 6.54 Å². The third kappa shape index (κ3) is 2.10. The monoisotopic (exact) mass is 223 g/mol. The molecule has 2 aromatic heterocycles. The second-order valence-corrected chi connectivity index (χ2v) is 3.70. The molecule has 0 spiro atoms. The zero-order chi connectivity index (χ0) is 11.5. The van der Waals surface area contributed by atoms with Crippen molar-refractivity contribution in [3.63, 3.8) is 0 Å². The second-order valence-electron chi connectivity index (χ2n) is 3.70. The maximum atomic E-state index is 4.02. The number of aromatic nitrogens is 4. The quantitative estimate of drug-likeness (QED) is 0.682. The zero-order valence-electron chi connectivity index (χ0n) is 9.14. The van der Waals surface area contributed by atoms with Crippen LogP contribution in [-0.4, -0.2) is 19.1 Å². The highest BCUT2D eigenvalue weighted by Gasteiger charge is 1.98. The molecule has 0 bridgehead atoms. The molecule has 4 heteroatoms. The van der Waals surface area contributed by atoms with Crippen LogP contribution in [0.5, 0.6) is 0 Å². The maximum absolute atomic E-state index is 4.02. The Morgan fingerprint density at radius 2 is 1.65 bits per heavy atom. The van der Waals surface area contributed by atoms with E-state index in [0.717, 1.165) is 11.3 Å². The van der Waals surface area contributed by atoms with Gasteiger partial charge in [0.25, 0.3) is 0 Å². The Labute approximate surface area is 99.2 Å². The summed E-state index contributed by atoms with van der Waals surface area (Å²) in [4.78, 5) is 8.02. The summed E-state index contributed by atoms with van der Waals surface area (Å²) in [5.74, 6) is 0. The summed E-state index contributed by atoms with van der Waals surface area (Å²) in [5, 5.41) is 0. The van der Waals surface area contributed by atoms with Gasteiger partial charge in [0.1, 0.15) is 0 Å². The molecular weight excluding hydrogens is 212 g/mol. The maximum Gasteiger partial charge on any atom is 0.0991 e. The van der Waals surface area contributed by atoms with Crippen LogP contribution in [0.2, 0.25) is 0 Å². The zero-order valence-corrected chi connectivity index (χ0v) is 9.14. The SMILES string of the molecule is [CH](c1ccc(-n2ccnc2)cc1)n1ccnc1. The van der Waals surface area contributed by atoms with E-state index in [-0.39, 0.29) is 0 Å². The van der Waals surface area contributed by atoms with Crippen molar-refractivity contribution in [3.05, 3.63) is 73.8 Å². The van der Waals surface area contributed by atoms with Crippen molar-refractivity contribution in [2.24, 2.45) is 0 Å². The highest BCUT2D eigenvalue weighted by atomic mass is 15.0. The van der Waals surface area contributed by atoms with Gasteiger partial charge in [-0.1, -0.05) is 12.1 Å². The number of benzene rings is 1. The molecule has 0 saturated heterocycles. The van der Waals surface area contributed by atoms with Crippen LogP contribution in [-0.2, 0) is 0 Å². The fraction of sp³-hybridized carbons (Fsp3) is 0. The van der Waals surface area contributed by atoms with Gasteiger partial charge in [-0.05, 0) is 17.7 Å². The number of hydrogen-bond acceptors (Lipinski definition) is 2. The number of nitrogens with zero attached hydrogens (tertiary/aromatic N) is 4. The third-order valence-corrected chi connectivity index (χ3v) is 2.52. The first-order valence-electron chi connectivity index (χ1n) is 5.32. The van der Waals surface area contributed by atoms with Gasteiger partial charge in [-0.2, -0.15) is 0 Å². The smallest absolute Gasteiger partial charge is 0.0991 e. The Kier molecular flexibility index (Phi) is 2.46. The van der Waals surface area contributed by atoms with Crippen LogP contribution in [0.1, 0.15) is 5.56 Å². The van der Waals surface area contributed by atoms with E-state index in [1.54, 1.807) is 25.0 Å². The first-order chi connectivity index (χ1) is 8.42. The fourth-order valence-electron chi connectivity index (χ4n) is 1.66. The van der Waals surface area contributed by atoms with Crippen molar-refractivity contribution < 1.29 is 0 Å². The van der Waals surface area contributed by atoms with Gasteiger partial charge in [0, 0.05) is 30.5 Å². The van der Waals surface area contributed by atoms with Crippen LogP contribution in [0.4, 0.5) is 0 Å². The summed E-state index contributed by atoms with van der Waals surface area (Å²) >= 11 is 0. The molecule has 83 valence electrons. The molecule has 0 saturated carbocycles. The van der Waals surface area contributed by atoms with Crippen LogP contribution in [0.15, 0.2) is 61.7 Å². The predicted molar refractivity (Wildman–Crippen MR) is 64.6 cm³/mol. The van der Waals surface area contributed by atoms with E-state index in [1.807, 2.05) is 28.1 Å². The van der Waals surface area contributed by atoms with E-state index in [0.29, 0.717) is 0 Å². The average Bonchev–Trinajstić information content (AvgIpc) is 3.01. The molecule has 0 atom stereocenters. The molecule has 0 fully saturated rings. The highest BCUT2D eigenvalue weighted by molar-refractivity contribution is 5.37. The first kappa shape index (κ1) is 9.84. The Bertz CT molecular complexity index is 564. The van der Waals surface area contributed by atoms with Gasteiger partial charge >= 0.3 is 0 Å². The van der Waals surface area contributed by atoms with Gasteiger partial charge in [-0.25, -0.2) is 9.97 Å². The van der Waals surface area contributed by atoms with Gasteiger partial charge in [0.2, 0.25) is 0 Å². The lowest BCUT2D eigenvalue weighted by Crippen LogP contribution is -1.94. The van der Waals surface area contributed by atoms with E-state index in [9.17, 15) is 0 Å². The molecule has 0 aliphatic rings. The van der Waals surface area contributed by atoms with Gasteiger partial charge in [-0.15, -0.1) is 0 Å². The predicted octanol–water partition coefficient (Wildman–Crippen LogP) is 2.13. The second kappa shape index (κ2) is 4.25. The van der Waals surface area contributed by atoms with Gasteiger partial charge in [0.05, 0.1) is 19.2 Å². The van der Waals surface area contributed by atoms with Gasteiger partial charge in [0.15, 0.2) is 0 Å². The summed E-state index contributed by atoms with van der Waals surface area (Å²) in [6.07, 6.45) is 10.9. The highest BCUT2D eigenvalue weighted by Crippen LogP contribution is 2.11. The minimum Gasteiger partial charge on any atom is -0.328 e. The summed E-state index contributed by atoms with van der Waals surface area (Å²) < 4.78 is 3.90. The molecule has 17 heavy (non-hydrogen) atoms. The third-order valence-electron chi connectivity index (χ3n) is 2.52. The largest absolute Gasteiger partial charge is 0.328 e. The Hall–Kier alpha value is -2.36. The minimum absolute atomic E-state index is 1.10. The van der Waals surface area contributed by atoms with Crippen LogP contribution in [0.3, 0.4) is 0 Å². The van der Waals surface area contributed by atoms with E-state index in [1.165, 1.54) is 0 Å². The first-order valence-corrected chi connectivity index (χ1v) is 5.32. The molecule has 2 heterocycles. The summed E-state index contributed by atoms with van der Waals surface area (Å²) in [6, 6.07) is 8.25. The van der Waals surface area contributed by atoms with E-state index >= 15 is 0 Å². The van der Waals surface area contributed by atoms with Crippen LogP contribution in [0.25, 0.3) is 5.69 Å². The minimum atomic E-state index is 1.10. The van der Waals surface area contributed by atoms with Crippen molar-refractivity contribution >= 4 is 0 Å². The topological polar surface area (TPSA) is 35.6 Å². The molecule has 4 nitrogen and oxygen atoms in total.